The van der Waals surface area contributed by atoms with E-state index in [2.05, 4.69) is 4.74 Å². The van der Waals surface area contributed by atoms with Crippen LogP contribution in [0.1, 0.15) is 12.0 Å². The van der Waals surface area contributed by atoms with E-state index in [1.165, 1.54) is 25.3 Å². The minimum absolute atomic E-state index is 0.104. The van der Waals surface area contributed by atoms with Crippen LogP contribution >= 0.6 is 0 Å². The molecule has 0 radical (unpaired) electrons. The number of benzene rings is 1. The van der Waals surface area contributed by atoms with Gasteiger partial charge in [0.15, 0.2) is 0 Å². The van der Waals surface area contributed by atoms with E-state index in [0.29, 0.717) is 29.9 Å². The van der Waals surface area contributed by atoms with E-state index < -0.39 is 11.8 Å². The lowest BCUT2D eigenvalue weighted by atomic mass is 9.95. The van der Waals surface area contributed by atoms with Crippen LogP contribution in [-0.4, -0.2) is 19.7 Å². The lowest BCUT2D eigenvalue weighted by Crippen LogP contribution is -2.13. The van der Waals surface area contributed by atoms with Gasteiger partial charge in [-0.15, -0.1) is 0 Å². The Morgan fingerprint density at radius 2 is 2.33 bits per heavy atom. The summed E-state index contributed by atoms with van der Waals surface area (Å²) in [6.45, 7) is 0.343. The van der Waals surface area contributed by atoms with Gasteiger partial charge < -0.3 is 9.47 Å². The molecule has 0 spiro atoms. The zero-order valence-electron chi connectivity index (χ0n) is 9.70. The molecule has 1 aromatic rings. The molecular formula is C13H10FNO3. The smallest absolute Gasteiger partial charge is 0.348 e. The second-order valence-electron chi connectivity index (χ2n) is 3.70. The normalized spacial score (nSPS) is 16.1. The highest BCUT2D eigenvalue weighted by atomic mass is 19.1. The molecule has 0 fully saturated rings. The van der Waals surface area contributed by atoms with Crippen molar-refractivity contribution >= 4 is 11.5 Å². The quantitative estimate of drug-likeness (QED) is 0.433. The number of hydrogen-bond acceptors (Lipinski definition) is 4. The summed E-state index contributed by atoms with van der Waals surface area (Å²) in [4.78, 5) is 11.5. The molecule has 0 saturated carbocycles. The predicted octanol–water partition coefficient (Wildman–Crippen LogP) is 2.06. The van der Waals surface area contributed by atoms with Crippen molar-refractivity contribution in [2.75, 3.05) is 13.7 Å². The first-order valence-electron chi connectivity index (χ1n) is 5.31. The van der Waals surface area contributed by atoms with Crippen LogP contribution in [0.15, 0.2) is 23.8 Å². The molecule has 4 nitrogen and oxygen atoms in total. The average molecular weight is 247 g/mol. The van der Waals surface area contributed by atoms with Crippen LogP contribution in [0.5, 0.6) is 5.75 Å². The molecule has 5 heteroatoms. The lowest BCUT2D eigenvalue weighted by molar-refractivity contribution is -0.135. The number of esters is 1. The summed E-state index contributed by atoms with van der Waals surface area (Å²) in [7, 11) is 1.20. The molecule has 0 bridgehead atoms. The molecule has 0 saturated heterocycles. The number of ether oxygens (including phenoxy) is 2. The minimum atomic E-state index is -0.718. The fourth-order valence-corrected chi connectivity index (χ4v) is 1.86. The fraction of sp³-hybridized carbons (Fsp3) is 0.231. The molecule has 0 aliphatic carbocycles. The standard InChI is InChI=1S/C13H10FNO3/c1-17-13(16)11(7-15)9-4-5-18-12-3-2-8(14)6-10(9)12/h2-3,6H,4-5H2,1H3. The number of nitriles is 1. The van der Waals surface area contributed by atoms with Gasteiger partial charge in [0, 0.05) is 12.0 Å². The highest BCUT2D eigenvalue weighted by Gasteiger charge is 2.23. The van der Waals surface area contributed by atoms with Crippen LogP contribution in [0.3, 0.4) is 0 Å². The van der Waals surface area contributed by atoms with Crippen molar-refractivity contribution in [2.24, 2.45) is 0 Å². The number of carbonyl (C=O) groups is 1. The van der Waals surface area contributed by atoms with E-state index in [9.17, 15) is 9.18 Å². The zero-order valence-corrected chi connectivity index (χ0v) is 9.70. The van der Waals surface area contributed by atoms with Crippen molar-refractivity contribution < 1.29 is 18.7 Å². The third-order valence-corrected chi connectivity index (χ3v) is 2.68. The number of carbonyl (C=O) groups excluding carboxylic acids is 1. The summed E-state index contributed by atoms with van der Waals surface area (Å²) in [5.41, 5.74) is 0.793. The van der Waals surface area contributed by atoms with Crippen LogP contribution in [0.25, 0.3) is 5.57 Å². The number of methoxy groups -OCH3 is 1. The topological polar surface area (TPSA) is 59.3 Å². The first kappa shape index (κ1) is 12.1. The Morgan fingerprint density at radius 3 is 3.00 bits per heavy atom. The van der Waals surface area contributed by atoms with Crippen LogP contribution in [0, 0.1) is 17.1 Å². The monoisotopic (exact) mass is 247 g/mol. The first-order valence-corrected chi connectivity index (χ1v) is 5.31. The second kappa shape index (κ2) is 4.88. The van der Waals surface area contributed by atoms with Gasteiger partial charge in [-0.1, -0.05) is 0 Å². The molecule has 1 aliphatic rings. The molecule has 0 aromatic heterocycles. The third-order valence-electron chi connectivity index (χ3n) is 2.68. The molecule has 0 amide bonds. The SMILES string of the molecule is COC(=O)C(C#N)=C1CCOc2ccc(F)cc21. The third kappa shape index (κ3) is 2.05. The van der Waals surface area contributed by atoms with Gasteiger partial charge in [-0.3, -0.25) is 0 Å². The van der Waals surface area contributed by atoms with E-state index in [0.717, 1.165) is 0 Å². The van der Waals surface area contributed by atoms with E-state index in [1.54, 1.807) is 0 Å². The number of rotatable bonds is 1. The van der Waals surface area contributed by atoms with Crippen molar-refractivity contribution in [2.45, 2.75) is 6.42 Å². The minimum Gasteiger partial charge on any atom is -0.493 e. The first-order chi connectivity index (χ1) is 8.67. The molecule has 0 N–H and O–H groups in total. The largest absolute Gasteiger partial charge is 0.493 e. The summed E-state index contributed by atoms with van der Waals surface area (Å²) in [5, 5.41) is 9.03. The number of hydrogen-bond donors (Lipinski definition) is 0. The van der Waals surface area contributed by atoms with Gasteiger partial charge in [-0.25, -0.2) is 9.18 Å². The van der Waals surface area contributed by atoms with Crippen molar-refractivity contribution in [3.63, 3.8) is 0 Å². The molecule has 1 aliphatic heterocycles. The Balaban J connectivity index is 2.62. The molecule has 1 heterocycles. The molecule has 1 aromatic carbocycles. The molecule has 0 unspecified atom stereocenters. The summed E-state index contributed by atoms with van der Waals surface area (Å²) in [6.07, 6.45) is 0.369. The summed E-state index contributed by atoms with van der Waals surface area (Å²) in [5.74, 6) is -0.696. The maximum absolute atomic E-state index is 13.2. The van der Waals surface area contributed by atoms with Gasteiger partial charge in [0.25, 0.3) is 0 Å². The van der Waals surface area contributed by atoms with Gasteiger partial charge in [-0.05, 0) is 23.8 Å². The molecule has 18 heavy (non-hydrogen) atoms. The molecular weight excluding hydrogens is 237 g/mol. The Labute approximate surface area is 103 Å². The Bertz CT molecular complexity index is 572. The second-order valence-corrected chi connectivity index (χ2v) is 3.70. The van der Waals surface area contributed by atoms with Gasteiger partial charge in [-0.2, -0.15) is 5.26 Å². The molecule has 0 atom stereocenters. The maximum atomic E-state index is 13.2. The van der Waals surface area contributed by atoms with Gasteiger partial charge in [0.2, 0.25) is 0 Å². The van der Waals surface area contributed by atoms with Crippen molar-refractivity contribution in [3.8, 4) is 11.8 Å². The highest BCUT2D eigenvalue weighted by Crippen LogP contribution is 2.35. The molecule has 92 valence electrons. The Hall–Kier alpha value is -2.35. The fourth-order valence-electron chi connectivity index (χ4n) is 1.86. The number of halogens is 1. The van der Waals surface area contributed by atoms with Crippen LogP contribution in [0.4, 0.5) is 4.39 Å². The van der Waals surface area contributed by atoms with Crippen molar-refractivity contribution in [1.29, 1.82) is 5.26 Å². The van der Waals surface area contributed by atoms with E-state index in [-0.39, 0.29) is 5.57 Å². The number of nitrogens with zero attached hydrogens (tertiary/aromatic N) is 1. The maximum Gasteiger partial charge on any atom is 0.348 e. The van der Waals surface area contributed by atoms with Gasteiger partial charge >= 0.3 is 5.97 Å². The number of fused-ring (bicyclic) bond motifs is 1. The van der Waals surface area contributed by atoms with Crippen LogP contribution in [0.2, 0.25) is 0 Å². The molecule has 2 rings (SSSR count). The average Bonchev–Trinajstić information content (AvgIpc) is 2.39. The van der Waals surface area contributed by atoms with Gasteiger partial charge in [0.05, 0.1) is 13.7 Å². The summed E-state index contributed by atoms with van der Waals surface area (Å²) in [6, 6.07) is 5.82. The van der Waals surface area contributed by atoms with Crippen molar-refractivity contribution in [3.05, 3.63) is 35.2 Å². The Kier molecular flexibility index (Phi) is 3.28. The zero-order chi connectivity index (χ0) is 13.1. The van der Waals surface area contributed by atoms with Crippen molar-refractivity contribution in [1.82, 2.24) is 0 Å². The van der Waals surface area contributed by atoms with E-state index in [1.807, 2.05) is 6.07 Å². The van der Waals surface area contributed by atoms with E-state index >= 15 is 0 Å². The highest BCUT2D eigenvalue weighted by molar-refractivity contribution is 6.02. The van der Waals surface area contributed by atoms with Crippen LogP contribution in [-0.2, 0) is 9.53 Å². The lowest BCUT2D eigenvalue weighted by Gasteiger charge is -2.20. The van der Waals surface area contributed by atoms with E-state index in [4.69, 9.17) is 10.00 Å². The predicted molar refractivity (Wildman–Crippen MR) is 61.1 cm³/mol. The summed E-state index contributed by atoms with van der Waals surface area (Å²) < 4.78 is 23.1. The summed E-state index contributed by atoms with van der Waals surface area (Å²) >= 11 is 0. The van der Waals surface area contributed by atoms with Gasteiger partial charge in [0.1, 0.15) is 23.2 Å². The van der Waals surface area contributed by atoms with Crippen LogP contribution < -0.4 is 4.74 Å². The Morgan fingerprint density at radius 1 is 1.56 bits per heavy atom.